The summed E-state index contributed by atoms with van der Waals surface area (Å²) in [6.45, 7) is 2.00. The molecule has 92 valence electrons. The van der Waals surface area contributed by atoms with E-state index in [4.69, 9.17) is 0 Å². The maximum absolute atomic E-state index is 12.0. The molecule has 0 aromatic rings. The fourth-order valence-corrected chi connectivity index (χ4v) is 1.69. The molecule has 1 unspecified atom stereocenters. The number of carbonyl (C=O) groups excluding carboxylic acids is 2. The number of halogens is 3. The van der Waals surface area contributed by atoms with Gasteiger partial charge in [-0.2, -0.15) is 13.2 Å². The van der Waals surface area contributed by atoms with Gasteiger partial charge in [0.25, 0.3) is 0 Å². The molecule has 1 aliphatic heterocycles. The SMILES string of the molecule is CCC1C(=O)NCCN1C(=O)CC(F)(F)F. The Balaban J connectivity index is 2.70. The first-order valence-electron chi connectivity index (χ1n) is 4.99. The van der Waals surface area contributed by atoms with E-state index in [0.29, 0.717) is 6.42 Å². The number of hydrogen-bond acceptors (Lipinski definition) is 2. The van der Waals surface area contributed by atoms with Gasteiger partial charge in [0.05, 0.1) is 0 Å². The van der Waals surface area contributed by atoms with Crippen LogP contribution in [0.3, 0.4) is 0 Å². The fourth-order valence-electron chi connectivity index (χ4n) is 1.69. The van der Waals surface area contributed by atoms with E-state index < -0.39 is 24.5 Å². The first-order chi connectivity index (χ1) is 7.35. The van der Waals surface area contributed by atoms with Gasteiger partial charge < -0.3 is 10.2 Å². The second-order valence-electron chi connectivity index (χ2n) is 3.59. The summed E-state index contributed by atoms with van der Waals surface area (Å²) in [5.41, 5.74) is 0. The molecule has 1 aliphatic rings. The number of carbonyl (C=O) groups is 2. The molecule has 0 aliphatic carbocycles. The predicted octanol–water partition coefficient (Wildman–Crippen LogP) is 0.676. The number of rotatable bonds is 2. The maximum atomic E-state index is 12.0. The number of amides is 2. The zero-order valence-corrected chi connectivity index (χ0v) is 8.80. The second-order valence-corrected chi connectivity index (χ2v) is 3.59. The van der Waals surface area contributed by atoms with Crippen molar-refractivity contribution in [1.29, 1.82) is 0 Å². The molecule has 0 radical (unpaired) electrons. The van der Waals surface area contributed by atoms with E-state index in [1.165, 1.54) is 0 Å². The quantitative estimate of drug-likeness (QED) is 0.769. The average Bonchev–Trinajstić information content (AvgIpc) is 2.14. The molecule has 0 aromatic carbocycles. The molecular weight excluding hydrogens is 225 g/mol. The van der Waals surface area contributed by atoms with Gasteiger partial charge in [0.2, 0.25) is 11.8 Å². The highest BCUT2D eigenvalue weighted by Gasteiger charge is 2.38. The summed E-state index contributed by atoms with van der Waals surface area (Å²) in [5.74, 6) is -1.42. The van der Waals surface area contributed by atoms with E-state index in [0.717, 1.165) is 4.90 Å². The second kappa shape index (κ2) is 4.71. The molecular formula is C9H13F3N2O2. The Morgan fingerprint density at radius 3 is 2.69 bits per heavy atom. The third-order valence-corrected chi connectivity index (χ3v) is 2.39. The lowest BCUT2D eigenvalue weighted by molar-refractivity contribution is -0.166. The van der Waals surface area contributed by atoms with Gasteiger partial charge >= 0.3 is 6.18 Å². The summed E-state index contributed by atoms with van der Waals surface area (Å²) >= 11 is 0. The predicted molar refractivity (Wildman–Crippen MR) is 49.5 cm³/mol. The Bertz CT molecular complexity index is 291. The number of piperazine rings is 1. The molecule has 0 aromatic heterocycles. The van der Waals surface area contributed by atoms with E-state index >= 15 is 0 Å². The van der Waals surface area contributed by atoms with Crippen molar-refractivity contribution in [1.82, 2.24) is 10.2 Å². The van der Waals surface area contributed by atoms with Gasteiger partial charge in [-0.3, -0.25) is 9.59 Å². The molecule has 0 bridgehead atoms. The third-order valence-electron chi connectivity index (χ3n) is 2.39. The summed E-state index contributed by atoms with van der Waals surface area (Å²) in [6, 6.07) is -0.774. The van der Waals surface area contributed by atoms with Crippen molar-refractivity contribution >= 4 is 11.8 Å². The van der Waals surface area contributed by atoms with Crippen LogP contribution in [-0.4, -0.2) is 42.0 Å². The van der Waals surface area contributed by atoms with Crippen molar-refractivity contribution in [2.24, 2.45) is 0 Å². The van der Waals surface area contributed by atoms with Crippen molar-refractivity contribution in [2.45, 2.75) is 32.0 Å². The van der Waals surface area contributed by atoms with Gasteiger partial charge in [0.15, 0.2) is 0 Å². The van der Waals surface area contributed by atoms with Crippen LogP contribution in [0.15, 0.2) is 0 Å². The zero-order valence-electron chi connectivity index (χ0n) is 8.80. The highest BCUT2D eigenvalue weighted by atomic mass is 19.4. The van der Waals surface area contributed by atoms with Crippen molar-refractivity contribution in [3.05, 3.63) is 0 Å². The lowest BCUT2D eigenvalue weighted by Crippen LogP contribution is -2.57. The number of nitrogens with zero attached hydrogens (tertiary/aromatic N) is 1. The molecule has 1 fully saturated rings. The van der Waals surface area contributed by atoms with Gasteiger partial charge in [-0.25, -0.2) is 0 Å². The number of hydrogen-bond donors (Lipinski definition) is 1. The molecule has 1 saturated heterocycles. The Kier molecular flexibility index (Phi) is 3.77. The molecule has 1 atom stereocenters. The highest BCUT2D eigenvalue weighted by Crippen LogP contribution is 2.22. The zero-order chi connectivity index (χ0) is 12.3. The van der Waals surface area contributed by atoms with Crippen molar-refractivity contribution in [3.8, 4) is 0 Å². The Labute approximate surface area is 90.8 Å². The summed E-state index contributed by atoms with van der Waals surface area (Å²) in [5, 5.41) is 2.52. The highest BCUT2D eigenvalue weighted by molar-refractivity contribution is 5.88. The molecule has 0 saturated carbocycles. The summed E-state index contributed by atoms with van der Waals surface area (Å²) in [6.07, 6.45) is -5.71. The van der Waals surface area contributed by atoms with E-state index in [2.05, 4.69) is 5.32 Å². The molecule has 2 amide bonds. The minimum absolute atomic E-state index is 0.138. The maximum Gasteiger partial charge on any atom is 0.397 e. The van der Waals surface area contributed by atoms with Crippen molar-refractivity contribution < 1.29 is 22.8 Å². The number of alkyl halides is 3. The average molecular weight is 238 g/mol. The number of nitrogens with one attached hydrogen (secondary N) is 1. The lowest BCUT2D eigenvalue weighted by atomic mass is 10.1. The molecule has 1 heterocycles. The topological polar surface area (TPSA) is 49.4 Å². The molecule has 0 spiro atoms. The summed E-state index contributed by atoms with van der Waals surface area (Å²) in [4.78, 5) is 23.7. The molecule has 1 rings (SSSR count). The van der Waals surface area contributed by atoms with Crippen LogP contribution in [0.2, 0.25) is 0 Å². The Morgan fingerprint density at radius 1 is 1.56 bits per heavy atom. The smallest absolute Gasteiger partial charge is 0.353 e. The molecule has 1 N–H and O–H groups in total. The lowest BCUT2D eigenvalue weighted by Gasteiger charge is -2.34. The minimum Gasteiger partial charge on any atom is -0.353 e. The van der Waals surface area contributed by atoms with E-state index in [1.807, 2.05) is 0 Å². The van der Waals surface area contributed by atoms with Crippen LogP contribution in [0.4, 0.5) is 13.2 Å². The van der Waals surface area contributed by atoms with Crippen LogP contribution in [-0.2, 0) is 9.59 Å². The third kappa shape index (κ3) is 3.11. The van der Waals surface area contributed by atoms with E-state index in [9.17, 15) is 22.8 Å². The van der Waals surface area contributed by atoms with E-state index in [-0.39, 0.29) is 19.0 Å². The first kappa shape index (κ1) is 12.8. The van der Waals surface area contributed by atoms with Gasteiger partial charge in [0, 0.05) is 13.1 Å². The van der Waals surface area contributed by atoms with Gasteiger partial charge in [-0.1, -0.05) is 6.92 Å². The Morgan fingerprint density at radius 2 is 2.19 bits per heavy atom. The minimum atomic E-state index is -4.52. The first-order valence-corrected chi connectivity index (χ1v) is 4.99. The van der Waals surface area contributed by atoms with Crippen LogP contribution in [0.25, 0.3) is 0 Å². The van der Waals surface area contributed by atoms with Crippen LogP contribution in [0.1, 0.15) is 19.8 Å². The van der Waals surface area contributed by atoms with Gasteiger partial charge in [0.1, 0.15) is 12.5 Å². The normalized spacial score (nSPS) is 21.9. The van der Waals surface area contributed by atoms with Crippen LogP contribution >= 0.6 is 0 Å². The molecule has 16 heavy (non-hydrogen) atoms. The van der Waals surface area contributed by atoms with E-state index in [1.54, 1.807) is 6.92 Å². The van der Waals surface area contributed by atoms with Crippen LogP contribution in [0.5, 0.6) is 0 Å². The standard InChI is InChI=1S/C9H13F3N2O2/c1-2-6-8(16)13-3-4-14(6)7(15)5-9(10,11)12/h6H,2-5H2,1H3,(H,13,16). The van der Waals surface area contributed by atoms with Gasteiger partial charge in [-0.15, -0.1) is 0 Å². The van der Waals surface area contributed by atoms with Gasteiger partial charge in [-0.05, 0) is 6.42 Å². The van der Waals surface area contributed by atoms with Crippen LogP contribution < -0.4 is 5.32 Å². The van der Waals surface area contributed by atoms with Crippen molar-refractivity contribution in [3.63, 3.8) is 0 Å². The fraction of sp³-hybridized carbons (Fsp3) is 0.778. The monoisotopic (exact) mass is 238 g/mol. The molecule has 4 nitrogen and oxygen atoms in total. The largest absolute Gasteiger partial charge is 0.397 e. The van der Waals surface area contributed by atoms with Crippen LogP contribution in [0, 0.1) is 0 Å². The molecule has 7 heteroatoms. The summed E-state index contributed by atoms with van der Waals surface area (Å²) in [7, 11) is 0. The summed E-state index contributed by atoms with van der Waals surface area (Å²) < 4.78 is 36.1. The Hall–Kier alpha value is -1.27. The van der Waals surface area contributed by atoms with Crippen molar-refractivity contribution in [2.75, 3.05) is 13.1 Å².